The van der Waals surface area contributed by atoms with E-state index in [2.05, 4.69) is 9.97 Å². The molecule has 2 aromatic rings. The van der Waals surface area contributed by atoms with Crippen LogP contribution in [-0.2, 0) is 11.2 Å². The highest BCUT2D eigenvalue weighted by molar-refractivity contribution is 5.88. The lowest BCUT2D eigenvalue weighted by Gasteiger charge is -2.32. The van der Waals surface area contributed by atoms with E-state index >= 15 is 0 Å². The molecule has 0 aliphatic carbocycles. The Labute approximate surface area is 132 Å². The maximum atomic E-state index is 12.0. The second-order valence-electron chi connectivity index (χ2n) is 5.45. The van der Waals surface area contributed by atoms with Crippen LogP contribution in [0.4, 0.5) is 10.6 Å². The van der Waals surface area contributed by atoms with Crippen LogP contribution < -0.4 is 5.73 Å². The SMILES string of the molecule is Nc1ncnc2cc(CCN3CCN(C(=O)O)CC3=O)ccc12. The second kappa shape index (κ2) is 6.07. The Kier molecular flexibility index (Phi) is 3.96. The van der Waals surface area contributed by atoms with Crippen molar-refractivity contribution >= 4 is 28.7 Å². The summed E-state index contributed by atoms with van der Waals surface area (Å²) in [6, 6.07) is 5.76. The molecule has 8 heteroatoms. The molecule has 120 valence electrons. The summed E-state index contributed by atoms with van der Waals surface area (Å²) in [5.41, 5.74) is 7.62. The van der Waals surface area contributed by atoms with Crippen LogP contribution in [0.2, 0.25) is 0 Å². The summed E-state index contributed by atoms with van der Waals surface area (Å²) in [5, 5.41) is 9.71. The molecule has 1 aliphatic heterocycles. The predicted octanol–water partition coefficient (Wildman–Crippen LogP) is 0.577. The lowest BCUT2D eigenvalue weighted by Crippen LogP contribution is -2.52. The van der Waals surface area contributed by atoms with Gasteiger partial charge in [0.25, 0.3) is 0 Å². The quantitative estimate of drug-likeness (QED) is 0.856. The van der Waals surface area contributed by atoms with Gasteiger partial charge in [0, 0.05) is 25.0 Å². The van der Waals surface area contributed by atoms with E-state index in [9.17, 15) is 9.59 Å². The molecule has 0 radical (unpaired) electrons. The lowest BCUT2D eigenvalue weighted by atomic mass is 10.1. The van der Waals surface area contributed by atoms with Gasteiger partial charge in [0.2, 0.25) is 5.91 Å². The van der Waals surface area contributed by atoms with Crippen LogP contribution in [0.5, 0.6) is 0 Å². The fourth-order valence-electron chi connectivity index (χ4n) is 2.65. The van der Waals surface area contributed by atoms with Crippen molar-refractivity contribution in [1.82, 2.24) is 19.8 Å². The minimum atomic E-state index is -1.05. The average Bonchev–Trinajstić information content (AvgIpc) is 2.53. The molecule has 3 rings (SSSR count). The summed E-state index contributed by atoms with van der Waals surface area (Å²) in [5.74, 6) is 0.285. The Hall–Kier alpha value is -2.90. The van der Waals surface area contributed by atoms with E-state index < -0.39 is 6.09 Å². The maximum Gasteiger partial charge on any atom is 0.407 e. The summed E-state index contributed by atoms with van der Waals surface area (Å²) >= 11 is 0. The van der Waals surface area contributed by atoms with Gasteiger partial charge >= 0.3 is 6.09 Å². The van der Waals surface area contributed by atoms with Crippen molar-refractivity contribution in [3.63, 3.8) is 0 Å². The van der Waals surface area contributed by atoms with Gasteiger partial charge < -0.3 is 15.7 Å². The molecule has 0 unspecified atom stereocenters. The monoisotopic (exact) mass is 315 g/mol. The minimum Gasteiger partial charge on any atom is -0.465 e. The zero-order valence-corrected chi connectivity index (χ0v) is 12.5. The highest BCUT2D eigenvalue weighted by Gasteiger charge is 2.26. The number of fused-ring (bicyclic) bond motifs is 1. The molecular formula is C15H17N5O3. The third-order valence-electron chi connectivity index (χ3n) is 3.99. The Morgan fingerprint density at radius 3 is 2.87 bits per heavy atom. The number of anilines is 1. The van der Waals surface area contributed by atoms with E-state index in [1.807, 2.05) is 18.2 Å². The van der Waals surface area contributed by atoms with Gasteiger partial charge in [0.05, 0.1) is 5.52 Å². The molecule has 8 nitrogen and oxygen atoms in total. The number of rotatable bonds is 3. The fraction of sp³-hybridized carbons (Fsp3) is 0.333. The van der Waals surface area contributed by atoms with Crippen molar-refractivity contribution in [3.8, 4) is 0 Å². The number of benzene rings is 1. The molecule has 0 atom stereocenters. The number of aromatic nitrogens is 2. The summed E-state index contributed by atoms with van der Waals surface area (Å²) < 4.78 is 0. The van der Waals surface area contributed by atoms with Gasteiger partial charge in [0.15, 0.2) is 0 Å². The number of carbonyl (C=O) groups excluding carboxylic acids is 1. The molecule has 3 N–H and O–H groups in total. The first-order valence-electron chi connectivity index (χ1n) is 7.29. The first-order valence-corrected chi connectivity index (χ1v) is 7.29. The van der Waals surface area contributed by atoms with Crippen molar-refractivity contribution in [2.75, 3.05) is 31.9 Å². The molecule has 0 saturated carbocycles. The molecule has 1 aromatic heterocycles. The predicted molar refractivity (Wildman–Crippen MR) is 83.8 cm³/mol. The number of carbonyl (C=O) groups is 2. The number of piperazine rings is 1. The zero-order chi connectivity index (χ0) is 16.4. The van der Waals surface area contributed by atoms with E-state index in [1.165, 1.54) is 6.33 Å². The van der Waals surface area contributed by atoms with E-state index in [-0.39, 0.29) is 12.5 Å². The number of nitrogen functional groups attached to an aromatic ring is 1. The highest BCUT2D eigenvalue weighted by Crippen LogP contribution is 2.18. The van der Waals surface area contributed by atoms with Gasteiger partial charge in [-0.1, -0.05) is 6.07 Å². The second-order valence-corrected chi connectivity index (χ2v) is 5.45. The summed E-state index contributed by atoms with van der Waals surface area (Å²) in [7, 11) is 0. The zero-order valence-electron chi connectivity index (χ0n) is 12.5. The van der Waals surface area contributed by atoms with Crippen LogP contribution in [0, 0.1) is 0 Å². The van der Waals surface area contributed by atoms with E-state index in [4.69, 9.17) is 10.8 Å². The van der Waals surface area contributed by atoms with Crippen LogP contribution in [0.25, 0.3) is 10.9 Å². The molecule has 2 amide bonds. The Bertz CT molecular complexity index is 764. The van der Waals surface area contributed by atoms with Gasteiger partial charge in [-0.05, 0) is 24.1 Å². The summed E-state index contributed by atoms with van der Waals surface area (Å²) in [4.78, 5) is 33.8. The van der Waals surface area contributed by atoms with Crippen LogP contribution in [0.3, 0.4) is 0 Å². The Balaban J connectivity index is 1.65. The molecule has 1 saturated heterocycles. The topological polar surface area (TPSA) is 113 Å². The molecule has 23 heavy (non-hydrogen) atoms. The van der Waals surface area contributed by atoms with Gasteiger partial charge in [-0.25, -0.2) is 14.8 Å². The first-order chi connectivity index (χ1) is 11.0. The van der Waals surface area contributed by atoms with E-state index in [0.717, 1.165) is 21.4 Å². The molecule has 1 aliphatic rings. The van der Waals surface area contributed by atoms with Gasteiger partial charge in [-0.2, -0.15) is 0 Å². The number of carboxylic acid groups (broad SMARTS) is 1. The van der Waals surface area contributed by atoms with Crippen molar-refractivity contribution in [2.24, 2.45) is 0 Å². The van der Waals surface area contributed by atoms with Gasteiger partial charge in [-0.3, -0.25) is 9.69 Å². The van der Waals surface area contributed by atoms with Crippen LogP contribution in [-0.4, -0.2) is 63.1 Å². The number of nitrogens with two attached hydrogens (primary N) is 1. The lowest BCUT2D eigenvalue weighted by molar-refractivity contribution is -0.135. The normalized spacial score (nSPS) is 15.2. The van der Waals surface area contributed by atoms with Crippen molar-refractivity contribution in [2.45, 2.75) is 6.42 Å². The minimum absolute atomic E-state index is 0.0726. The standard InChI is InChI=1S/C15H17N5O3/c16-14-11-2-1-10(7-12(11)17-9-18-14)3-4-19-5-6-20(15(22)23)8-13(19)21/h1-2,7,9H,3-6,8H2,(H,22,23)(H2,16,17,18). The van der Waals surface area contributed by atoms with Crippen molar-refractivity contribution in [3.05, 3.63) is 30.1 Å². The van der Waals surface area contributed by atoms with Gasteiger partial charge in [0.1, 0.15) is 18.7 Å². The van der Waals surface area contributed by atoms with E-state index in [1.54, 1.807) is 4.90 Å². The van der Waals surface area contributed by atoms with Crippen LogP contribution in [0.15, 0.2) is 24.5 Å². The molecule has 0 bridgehead atoms. The molecule has 0 spiro atoms. The number of hydrogen-bond donors (Lipinski definition) is 2. The molecular weight excluding hydrogens is 298 g/mol. The van der Waals surface area contributed by atoms with Crippen molar-refractivity contribution in [1.29, 1.82) is 0 Å². The number of hydrogen-bond acceptors (Lipinski definition) is 5. The molecule has 1 aromatic carbocycles. The molecule has 2 heterocycles. The van der Waals surface area contributed by atoms with Crippen molar-refractivity contribution < 1.29 is 14.7 Å². The van der Waals surface area contributed by atoms with Gasteiger partial charge in [-0.15, -0.1) is 0 Å². The third kappa shape index (κ3) is 3.15. The number of amides is 2. The van der Waals surface area contributed by atoms with Crippen LogP contribution in [0.1, 0.15) is 5.56 Å². The highest BCUT2D eigenvalue weighted by atomic mass is 16.4. The average molecular weight is 315 g/mol. The largest absolute Gasteiger partial charge is 0.465 e. The third-order valence-corrected chi connectivity index (χ3v) is 3.99. The number of nitrogens with zero attached hydrogens (tertiary/aromatic N) is 4. The molecule has 1 fully saturated rings. The Morgan fingerprint density at radius 1 is 1.30 bits per heavy atom. The first kappa shape index (κ1) is 15.0. The smallest absolute Gasteiger partial charge is 0.407 e. The fourth-order valence-corrected chi connectivity index (χ4v) is 2.65. The summed E-state index contributed by atoms with van der Waals surface area (Å²) in [6.45, 7) is 1.26. The summed E-state index contributed by atoms with van der Waals surface area (Å²) in [6.07, 6.45) is 1.05. The maximum absolute atomic E-state index is 12.0. The van der Waals surface area contributed by atoms with Crippen LogP contribution >= 0.6 is 0 Å². The Morgan fingerprint density at radius 2 is 2.13 bits per heavy atom. The van der Waals surface area contributed by atoms with E-state index in [0.29, 0.717) is 31.9 Å².